The van der Waals surface area contributed by atoms with E-state index in [0.29, 0.717) is 16.3 Å². The van der Waals surface area contributed by atoms with Crippen LogP contribution in [-0.2, 0) is 0 Å². The van der Waals surface area contributed by atoms with Crippen molar-refractivity contribution in [2.24, 2.45) is 0 Å². The molecule has 0 unspecified atom stereocenters. The quantitative estimate of drug-likeness (QED) is 0.492. The van der Waals surface area contributed by atoms with Crippen LogP contribution in [-0.4, -0.2) is 26.6 Å². The number of pyridine rings is 2. The molecule has 0 fully saturated rings. The lowest BCUT2D eigenvalue weighted by Crippen LogP contribution is -2.12. The molecule has 1 N–H and O–H groups in total. The first-order valence-electron chi connectivity index (χ1n) is 8.05. The van der Waals surface area contributed by atoms with Gasteiger partial charge in [0.15, 0.2) is 10.9 Å². The van der Waals surface area contributed by atoms with Crippen LogP contribution in [0.2, 0.25) is 5.02 Å². The number of anilines is 1. The Morgan fingerprint density at radius 2 is 2.00 bits per heavy atom. The highest BCUT2D eigenvalue weighted by molar-refractivity contribution is 7.18. The maximum absolute atomic E-state index is 12.9. The SMILES string of the molecule is O=C(Nc1nc(-c2ccco2)c(C(=O)c2ccccn2)s1)c1ccncc1Cl. The summed E-state index contributed by atoms with van der Waals surface area (Å²) in [6.45, 7) is 0. The molecule has 9 heteroatoms. The molecule has 4 aromatic heterocycles. The summed E-state index contributed by atoms with van der Waals surface area (Å²) in [5, 5.41) is 3.12. The second-order valence-electron chi connectivity index (χ2n) is 5.53. The van der Waals surface area contributed by atoms with Crippen molar-refractivity contribution in [2.75, 3.05) is 5.32 Å². The fourth-order valence-electron chi connectivity index (χ4n) is 2.44. The Balaban J connectivity index is 1.71. The van der Waals surface area contributed by atoms with Crippen molar-refractivity contribution in [2.45, 2.75) is 0 Å². The van der Waals surface area contributed by atoms with E-state index in [-0.39, 0.29) is 27.2 Å². The second-order valence-corrected chi connectivity index (χ2v) is 6.93. The maximum atomic E-state index is 12.9. The average Bonchev–Trinajstić information content (AvgIpc) is 3.38. The van der Waals surface area contributed by atoms with Crippen molar-refractivity contribution in [3.05, 3.63) is 82.4 Å². The highest BCUT2D eigenvalue weighted by Gasteiger charge is 2.24. The largest absolute Gasteiger partial charge is 0.463 e. The predicted molar refractivity (Wildman–Crippen MR) is 105 cm³/mol. The van der Waals surface area contributed by atoms with Gasteiger partial charge in [-0.2, -0.15) is 0 Å². The molecular weight excluding hydrogens is 400 g/mol. The van der Waals surface area contributed by atoms with E-state index in [2.05, 4.69) is 20.3 Å². The minimum absolute atomic E-state index is 0.215. The zero-order chi connectivity index (χ0) is 19.5. The minimum atomic E-state index is -0.455. The Morgan fingerprint density at radius 3 is 2.71 bits per heavy atom. The molecule has 4 heterocycles. The molecule has 0 aromatic carbocycles. The van der Waals surface area contributed by atoms with E-state index in [4.69, 9.17) is 16.0 Å². The van der Waals surface area contributed by atoms with E-state index in [1.807, 2.05) is 0 Å². The lowest BCUT2D eigenvalue weighted by Gasteiger charge is -2.02. The van der Waals surface area contributed by atoms with E-state index in [1.165, 1.54) is 30.9 Å². The summed E-state index contributed by atoms with van der Waals surface area (Å²) in [5.74, 6) is -0.353. The first-order valence-corrected chi connectivity index (χ1v) is 9.24. The standard InChI is InChI=1S/C19H11ClN4O3S/c20-12-10-21-8-6-11(12)18(26)24-19-23-15(14-5-3-9-27-14)17(28-19)16(25)13-4-1-2-7-22-13/h1-10H,(H,23,24,26). The van der Waals surface area contributed by atoms with Crippen molar-refractivity contribution in [1.82, 2.24) is 15.0 Å². The van der Waals surface area contributed by atoms with Gasteiger partial charge in [-0.05, 0) is 30.3 Å². The first-order chi connectivity index (χ1) is 13.6. The molecule has 0 spiro atoms. The van der Waals surface area contributed by atoms with E-state index in [1.54, 1.807) is 30.3 Å². The van der Waals surface area contributed by atoms with Crippen molar-refractivity contribution in [3.8, 4) is 11.5 Å². The summed E-state index contributed by atoms with van der Waals surface area (Å²) in [5.41, 5.74) is 0.861. The van der Waals surface area contributed by atoms with Gasteiger partial charge in [-0.25, -0.2) is 4.98 Å². The fraction of sp³-hybridized carbons (Fsp3) is 0. The summed E-state index contributed by atoms with van der Waals surface area (Å²) >= 11 is 7.05. The van der Waals surface area contributed by atoms with Crippen molar-refractivity contribution < 1.29 is 14.0 Å². The number of hydrogen-bond donors (Lipinski definition) is 1. The molecule has 0 saturated carbocycles. The second kappa shape index (κ2) is 7.71. The Hall–Kier alpha value is -3.36. The van der Waals surface area contributed by atoms with E-state index in [9.17, 15) is 9.59 Å². The average molecular weight is 411 g/mol. The third-order valence-electron chi connectivity index (χ3n) is 3.72. The molecule has 1 amide bonds. The van der Waals surface area contributed by atoms with Gasteiger partial charge in [0.25, 0.3) is 5.91 Å². The number of carbonyl (C=O) groups excluding carboxylic acids is 2. The summed E-state index contributed by atoms with van der Waals surface area (Å²) in [6.07, 6.45) is 5.86. The van der Waals surface area contributed by atoms with Gasteiger partial charge >= 0.3 is 0 Å². The Kier molecular flexibility index (Phi) is 4.96. The van der Waals surface area contributed by atoms with Gasteiger partial charge < -0.3 is 4.42 Å². The molecule has 138 valence electrons. The Labute approximate surface area is 168 Å². The molecule has 0 radical (unpaired) electrons. The summed E-state index contributed by atoms with van der Waals surface area (Å²) in [6, 6.07) is 9.94. The third-order valence-corrected chi connectivity index (χ3v) is 4.99. The van der Waals surface area contributed by atoms with Crippen LogP contribution in [0.1, 0.15) is 25.7 Å². The van der Waals surface area contributed by atoms with Crippen LogP contribution in [0.3, 0.4) is 0 Å². The maximum Gasteiger partial charge on any atom is 0.259 e. The monoisotopic (exact) mass is 410 g/mol. The lowest BCUT2D eigenvalue weighted by molar-refractivity contribution is 0.102. The van der Waals surface area contributed by atoms with Crippen LogP contribution in [0.15, 0.2) is 65.7 Å². The number of nitrogens with one attached hydrogen (secondary N) is 1. The van der Waals surface area contributed by atoms with Crippen LogP contribution in [0.25, 0.3) is 11.5 Å². The Bertz CT molecular complexity index is 1140. The van der Waals surface area contributed by atoms with Crippen LogP contribution in [0.5, 0.6) is 0 Å². The van der Waals surface area contributed by atoms with Crippen LogP contribution >= 0.6 is 22.9 Å². The van der Waals surface area contributed by atoms with Crippen LogP contribution in [0.4, 0.5) is 5.13 Å². The third kappa shape index (κ3) is 3.55. The normalized spacial score (nSPS) is 10.6. The van der Waals surface area contributed by atoms with Gasteiger partial charge in [-0.15, -0.1) is 0 Å². The summed E-state index contributed by atoms with van der Waals surface area (Å²) in [4.78, 5) is 38.1. The van der Waals surface area contributed by atoms with Gasteiger partial charge in [0.1, 0.15) is 16.3 Å². The predicted octanol–water partition coefficient (Wildman–Crippen LogP) is 4.33. The Morgan fingerprint density at radius 1 is 1.11 bits per heavy atom. The van der Waals surface area contributed by atoms with Gasteiger partial charge in [-0.3, -0.25) is 24.9 Å². The van der Waals surface area contributed by atoms with E-state index in [0.717, 1.165) is 11.3 Å². The van der Waals surface area contributed by atoms with Crippen LogP contribution < -0.4 is 5.32 Å². The molecule has 0 saturated heterocycles. The molecule has 0 aliphatic heterocycles. The molecule has 0 aliphatic rings. The highest BCUT2D eigenvalue weighted by Crippen LogP contribution is 2.33. The van der Waals surface area contributed by atoms with Gasteiger partial charge in [0.2, 0.25) is 5.78 Å². The van der Waals surface area contributed by atoms with Crippen LogP contribution in [0, 0.1) is 0 Å². The number of furan rings is 1. The molecule has 28 heavy (non-hydrogen) atoms. The minimum Gasteiger partial charge on any atom is -0.463 e. The van der Waals surface area contributed by atoms with Gasteiger partial charge in [0.05, 0.1) is 16.8 Å². The van der Waals surface area contributed by atoms with Crippen molar-refractivity contribution in [3.63, 3.8) is 0 Å². The first kappa shape index (κ1) is 18.0. The molecule has 0 atom stereocenters. The molecule has 4 aromatic rings. The van der Waals surface area contributed by atoms with Gasteiger partial charge in [-0.1, -0.05) is 29.0 Å². The van der Waals surface area contributed by atoms with Crippen molar-refractivity contribution >= 4 is 39.8 Å². The lowest BCUT2D eigenvalue weighted by atomic mass is 10.1. The van der Waals surface area contributed by atoms with E-state index < -0.39 is 5.91 Å². The number of amides is 1. The number of carbonyl (C=O) groups is 2. The van der Waals surface area contributed by atoms with Crippen molar-refractivity contribution in [1.29, 1.82) is 0 Å². The number of halogens is 1. The fourth-order valence-corrected chi connectivity index (χ4v) is 3.56. The number of nitrogens with zero attached hydrogens (tertiary/aromatic N) is 3. The molecular formula is C19H11ClN4O3S. The molecule has 0 bridgehead atoms. The van der Waals surface area contributed by atoms with E-state index >= 15 is 0 Å². The molecule has 0 aliphatic carbocycles. The number of rotatable bonds is 5. The summed E-state index contributed by atoms with van der Waals surface area (Å²) < 4.78 is 5.40. The smallest absolute Gasteiger partial charge is 0.259 e. The topological polar surface area (TPSA) is 98.0 Å². The molecule has 4 rings (SSSR count). The highest BCUT2D eigenvalue weighted by atomic mass is 35.5. The zero-order valence-corrected chi connectivity index (χ0v) is 15.7. The number of ketones is 1. The summed E-state index contributed by atoms with van der Waals surface area (Å²) in [7, 11) is 0. The number of aromatic nitrogens is 3. The van der Waals surface area contributed by atoms with Gasteiger partial charge in [0, 0.05) is 18.6 Å². The molecule has 7 nitrogen and oxygen atoms in total. The number of thiazole rings is 1. The number of hydrogen-bond acceptors (Lipinski definition) is 7. The zero-order valence-electron chi connectivity index (χ0n) is 14.1.